The van der Waals surface area contributed by atoms with Gasteiger partial charge in [-0.05, 0) is 20.3 Å². The van der Waals surface area contributed by atoms with E-state index in [9.17, 15) is 4.79 Å². The average molecular weight is 259 g/mol. The first-order chi connectivity index (χ1) is 7.74. The van der Waals surface area contributed by atoms with Crippen molar-refractivity contribution in [2.75, 3.05) is 24.6 Å². The van der Waals surface area contributed by atoms with Gasteiger partial charge in [0, 0.05) is 29.5 Å². The molecule has 1 aliphatic rings. The van der Waals surface area contributed by atoms with Crippen LogP contribution in [0.5, 0.6) is 0 Å². The molecule has 1 aliphatic heterocycles. The predicted molar refractivity (Wildman–Crippen MR) is 74.8 cm³/mol. The maximum atomic E-state index is 12.3. The Bertz CT molecular complexity index is 272. The fourth-order valence-corrected chi connectivity index (χ4v) is 4.26. The van der Waals surface area contributed by atoms with Gasteiger partial charge in [-0.15, -0.1) is 23.5 Å². The molecule has 0 aromatic rings. The van der Waals surface area contributed by atoms with Crippen molar-refractivity contribution < 1.29 is 4.79 Å². The summed E-state index contributed by atoms with van der Waals surface area (Å²) in [5.74, 6) is 2.46. The molecule has 16 heavy (non-hydrogen) atoms. The van der Waals surface area contributed by atoms with Crippen molar-refractivity contribution in [1.82, 2.24) is 4.90 Å². The fraction of sp³-hybridized carbons (Fsp3) is 0.750. The molecule has 0 radical (unpaired) electrons. The van der Waals surface area contributed by atoms with E-state index in [0.29, 0.717) is 0 Å². The highest BCUT2D eigenvalue weighted by molar-refractivity contribution is 8.10. The van der Waals surface area contributed by atoms with E-state index in [-0.39, 0.29) is 5.91 Å². The molecule has 0 N–H and O–H groups in total. The fourth-order valence-electron chi connectivity index (χ4n) is 1.70. The van der Waals surface area contributed by atoms with Gasteiger partial charge in [0.15, 0.2) is 0 Å². The van der Waals surface area contributed by atoms with Crippen molar-refractivity contribution in [3.05, 3.63) is 9.81 Å². The molecule has 0 bridgehead atoms. The van der Waals surface area contributed by atoms with Gasteiger partial charge in [-0.3, -0.25) is 4.79 Å². The highest BCUT2D eigenvalue weighted by atomic mass is 32.2. The molecule has 92 valence electrons. The van der Waals surface area contributed by atoms with Gasteiger partial charge in [-0.2, -0.15) is 0 Å². The number of carbonyl (C=O) groups is 1. The number of carbonyl (C=O) groups excluding carboxylic acids is 1. The molecular weight excluding hydrogens is 238 g/mol. The normalized spacial score (nSPS) is 16.4. The lowest BCUT2D eigenvalue weighted by atomic mass is 10.3. The maximum Gasteiger partial charge on any atom is 0.261 e. The molecule has 1 amide bonds. The molecule has 1 rings (SSSR count). The van der Waals surface area contributed by atoms with Crippen LogP contribution in [0.2, 0.25) is 0 Å². The summed E-state index contributed by atoms with van der Waals surface area (Å²) in [7, 11) is 0. The lowest BCUT2D eigenvalue weighted by Crippen LogP contribution is -2.32. The molecule has 0 atom stereocenters. The molecule has 0 saturated carbocycles. The molecule has 0 fully saturated rings. The summed E-state index contributed by atoms with van der Waals surface area (Å²) in [6.07, 6.45) is 2.18. The second-order valence-electron chi connectivity index (χ2n) is 3.68. The van der Waals surface area contributed by atoms with E-state index in [0.717, 1.165) is 42.3 Å². The second-order valence-corrected chi connectivity index (χ2v) is 5.97. The van der Waals surface area contributed by atoms with Crippen molar-refractivity contribution in [2.24, 2.45) is 0 Å². The van der Waals surface area contributed by atoms with E-state index >= 15 is 0 Å². The van der Waals surface area contributed by atoms with E-state index in [1.807, 2.05) is 30.5 Å². The SMILES string of the molecule is CCCC1=C(C(=O)N(CC)CC)SCCS1. The summed E-state index contributed by atoms with van der Waals surface area (Å²) in [5.41, 5.74) is 0. The van der Waals surface area contributed by atoms with Crippen molar-refractivity contribution in [3.8, 4) is 0 Å². The highest BCUT2D eigenvalue weighted by Gasteiger charge is 2.22. The molecule has 0 aliphatic carbocycles. The minimum absolute atomic E-state index is 0.241. The number of amides is 1. The van der Waals surface area contributed by atoms with Crippen LogP contribution in [0.4, 0.5) is 0 Å². The highest BCUT2D eigenvalue weighted by Crippen LogP contribution is 2.37. The molecule has 2 nitrogen and oxygen atoms in total. The Kier molecular flexibility index (Phi) is 6.36. The molecule has 4 heteroatoms. The molecule has 1 heterocycles. The van der Waals surface area contributed by atoms with Gasteiger partial charge < -0.3 is 4.90 Å². The van der Waals surface area contributed by atoms with Gasteiger partial charge in [0.1, 0.15) is 0 Å². The summed E-state index contributed by atoms with van der Waals surface area (Å²) >= 11 is 3.62. The van der Waals surface area contributed by atoms with Crippen molar-refractivity contribution in [1.29, 1.82) is 0 Å². The van der Waals surface area contributed by atoms with Crippen LogP contribution in [0.1, 0.15) is 33.6 Å². The zero-order chi connectivity index (χ0) is 12.0. The largest absolute Gasteiger partial charge is 0.339 e. The Balaban J connectivity index is 2.84. The summed E-state index contributed by atoms with van der Waals surface area (Å²) in [6.45, 7) is 7.88. The summed E-state index contributed by atoms with van der Waals surface area (Å²) in [4.78, 5) is 16.5. The van der Waals surface area contributed by atoms with Gasteiger partial charge in [-0.1, -0.05) is 13.3 Å². The summed E-state index contributed by atoms with van der Waals surface area (Å²) in [6, 6.07) is 0. The van der Waals surface area contributed by atoms with Crippen molar-refractivity contribution >= 4 is 29.4 Å². The van der Waals surface area contributed by atoms with Crippen LogP contribution in [-0.4, -0.2) is 35.4 Å². The first-order valence-electron chi connectivity index (χ1n) is 6.02. The van der Waals surface area contributed by atoms with Crippen LogP contribution in [0, 0.1) is 0 Å². The van der Waals surface area contributed by atoms with Crippen LogP contribution < -0.4 is 0 Å². The predicted octanol–water partition coefficient (Wildman–Crippen LogP) is 3.35. The van der Waals surface area contributed by atoms with Gasteiger partial charge in [-0.25, -0.2) is 0 Å². The average Bonchev–Trinajstić information content (AvgIpc) is 2.31. The summed E-state index contributed by atoms with van der Waals surface area (Å²) < 4.78 is 0. The van der Waals surface area contributed by atoms with Crippen LogP contribution in [-0.2, 0) is 4.79 Å². The number of rotatable bonds is 5. The Morgan fingerprint density at radius 1 is 1.19 bits per heavy atom. The minimum Gasteiger partial charge on any atom is -0.339 e. The number of nitrogens with zero attached hydrogens (tertiary/aromatic N) is 1. The standard InChI is InChI=1S/C12H21NOS2/c1-4-7-10-11(16-9-8-15-10)12(14)13(5-2)6-3/h4-9H2,1-3H3. The first-order valence-corrected chi connectivity index (χ1v) is 7.99. The van der Waals surface area contributed by atoms with Gasteiger partial charge in [0.05, 0.1) is 4.91 Å². The monoisotopic (exact) mass is 259 g/mol. The molecule has 0 unspecified atom stereocenters. The van der Waals surface area contributed by atoms with Crippen molar-refractivity contribution in [2.45, 2.75) is 33.6 Å². The van der Waals surface area contributed by atoms with Crippen LogP contribution in [0.3, 0.4) is 0 Å². The van der Waals surface area contributed by atoms with E-state index in [1.54, 1.807) is 11.8 Å². The smallest absolute Gasteiger partial charge is 0.261 e. The van der Waals surface area contributed by atoms with Crippen LogP contribution >= 0.6 is 23.5 Å². The van der Waals surface area contributed by atoms with Crippen LogP contribution in [0.15, 0.2) is 9.81 Å². The van der Waals surface area contributed by atoms with Crippen molar-refractivity contribution in [3.63, 3.8) is 0 Å². The maximum absolute atomic E-state index is 12.3. The molecular formula is C12H21NOS2. The van der Waals surface area contributed by atoms with E-state index in [2.05, 4.69) is 6.92 Å². The lowest BCUT2D eigenvalue weighted by molar-refractivity contribution is -0.126. The van der Waals surface area contributed by atoms with Gasteiger partial charge in [0.25, 0.3) is 5.91 Å². The Morgan fingerprint density at radius 2 is 1.81 bits per heavy atom. The van der Waals surface area contributed by atoms with Gasteiger partial charge >= 0.3 is 0 Å². The third-order valence-corrected chi connectivity index (χ3v) is 5.25. The third kappa shape index (κ3) is 3.45. The number of allylic oxidation sites excluding steroid dienone is 1. The van der Waals surface area contributed by atoms with Gasteiger partial charge in [0.2, 0.25) is 0 Å². The van der Waals surface area contributed by atoms with Crippen LogP contribution in [0.25, 0.3) is 0 Å². The molecule has 0 aromatic heterocycles. The molecule has 0 spiro atoms. The van der Waals surface area contributed by atoms with E-state index in [4.69, 9.17) is 0 Å². The number of hydrogen-bond acceptors (Lipinski definition) is 3. The minimum atomic E-state index is 0.241. The first kappa shape index (κ1) is 14.0. The Hall–Kier alpha value is -0.0900. The quantitative estimate of drug-likeness (QED) is 0.755. The zero-order valence-electron chi connectivity index (χ0n) is 10.4. The second kappa shape index (κ2) is 7.28. The topological polar surface area (TPSA) is 20.3 Å². The number of thioether (sulfide) groups is 2. The lowest BCUT2D eigenvalue weighted by Gasteiger charge is -2.24. The Labute approximate surface area is 107 Å². The number of likely N-dealkylation sites (N-methyl/N-ethyl adjacent to an activating group) is 1. The molecule has 0 aromatic carbocycles. The Morgan fingerprint density at radius 3 is 2.38 bits per heavy atom. The zero-order valence-corrected chi connectivity index (χ0v) is 12.0. The van der Waals surface area contributed by atoms with E-state index in [1.165, 1.54) is 4.91 Å². The third-order valence-electron chi connectivity index (χ3n) is 2.58. The van der Waals surface area contributed by atoms with E-state index < -0.39 is 0 Å². The summed E-state index contributed by atoms with van der Waals surface area (Å²) in [5, 5.41) is 0. The molecule has 0 saturated heterocycles. The number of hydrogen-bond donors (Lipinski definition) is 0.